The van der Waals surface area contributed by atoms with Crippen molar-refractivity contribution < 1.29 is 19.1 Å². The molecule has 0 amide bonds. The van der Waals surface area contributed by atoms with E-state index in [1.807, 2.05) is 0 Å². The second kappa shape index (κ2) is 7.52. The van der Waals surface area contributed by atoms with Crippen molar-refractivity contribution in [2.75, 3.05) is 18.9 Å². The van der Waals surface area contributed by atoms with Gasteiger partial charge in [-0.2, -0.15) is 0 Å². The lowest BCUT2D eigenvalue weighted by Crippen LogP contribution is -2.11. The molecule has 0 saturated heterocycles. The summed E-state index contributed by atoms with van der Waals surface area (Å²) in [7, 11) is 0. The van der Waals surface area contributed by atoms with Crippen molar-refractivity contribution in [3.8, 4) is 0 Å². The van der Waals surface area contributed by atoms with Gasteiger partial charge in [0.05, 0.1) is 13.2 Å². The molecule has 1 aromatic rings. The third-order valence-corrected chi connectivity index (χ3v) is 2.73. The van der Waals surface area contributed by atoms with E-state index in [0.717, 1.165) is 0 Å². The van der Waals surface area contributed by atoms with E-state index in [-0.39, 0.29) is 24.1 Å². The van der Waals surface area contributed by atoms with Crippen LogP contribution in [-0.2, 0) is 20.8 Å². The molecule has 0 spiro atoms. The first-order valence-electron chi connectivity index (χ1n) is 6.66. The van der Waals surface area contributed by atoms with E-state index in [9.17, 15) is 9.59 Å². The molecule has 0 aromatic carbocycles. The summed E-state index contributed by atoms with van der Waals surface area (Å²) in [5.41, 5.74) is 6.02. The molecule has 0 saturated carbocycles. The van der Waals surface area contributed by atoms with E-state index < -0.39 is 5.97 Å². The number of rotatable bonds is 7. The molecule has 1 aromatic heterocycles. The zero-order valence-corrected chi connectivity index (χ0v) is 12.1. The highest BCUT2D eigenvalue weighted by molar-refractivity contribution is 5.92. The van der Waals surface area contributed by atoms with Gasteiger partial charge in [-0.25, -0.2) is 9.78 Å². The van der Waals surface area contributed by atoms with E-state index in [1.165, 1.54) is 0 Å². The highest BCUT2D eigenvalue weighted by Crippen LogP contribution is 2.16. The minimum atomic E-state index is -0.530. The normalized spacial score (nSPS) is 10.3. The predicted octanol–water partition coefficient (Wildman–Crippen LogP) is 1.29. The van der Waals surface area contributed by atoms with Gasteiger partial charge in [0.2, 0.25) is 0 Å². The molecule has 0 radical (unpaired) electrons. The fourth-order valence-corrected chi connectivity index (χ4v) is 1.83. The van der Waals surface area contributed by atoms with Crippen LogP contribution < -0.4 is 5.73 Å². The summed E-state index contributed by atoms with van der Waals surface area (Å²) in [6, 6.07) is 0. The molecule has 7 nitrogen and oxygen atoms in total. The number of anilines is 1. The molecule has 0 atom stereocenters. The number of esters is 2. The molecule has 0 bridgehead atoms. The summed E-state index contributed by atoms with van der Waals surface area (Å²) >= 11 is 0. The molecule has 1 heterocycles. The monoisotopic (exact) mass is 283 g/mol. The molecule has 2 N–H and O–H groups in total. The topological polar surface area (TPSA) is 96.4 Å². The van der Waals surface area contributed by atoms with Gasteiger partial charge in [-0.15, -0.1) is 0 Å². The van der Waals surface area contributed by atoms with Crippen molar-refractivity contribution in [1.82, 2.24) is 9.55 Å². The number of carbonyl (C=O) groups excluding carboxylic acids is 2. The SMILES string of the molecule is CCOC(=O)CCCn1c(C)nc(C(=O)OCC)c1N. The van der Waals surface area contributed by atoms with E-state index >= 15 is 0 Å². The first-order chi connectivity index (χ1) is 9.51. The maximum Gasteiger partial charge on any atom is 0.360 e. The van der Waals surface area contributed by atoms with Crippen LogP contribution in [0.2, 0.25) is 0 Å². The van der Waals surface area contributed by atoms with Crippen LogP contribution in [0.5, 0.6) is 0 Å². The lowest BCUT2D eigenvalue weighted by Gasteiger charge is -2.07. The van der Waals surface area contributed by atoms with Gasteiger partial charge in [-0.1, -0.05) is 0 Å². The Labute approximate surface area is 118 Å². The Morgan fingerprint density at radius 1 is 1.25 bits per heavy atom. The highest BCUT2D eigenvalue weighted by atomic mass is 16.5. The van der Waals surface area contributed by atoms with Gasteiger partial charge in [-0.05, 0) is 27.2 Å². The number of nitrogen functional groups attached to an aromatic ring is 1. The van der Waals surface area contributed by atoms with Crippen LogP contribution in [0.25, 0.3) is 0 Å². The molecular weight excluding hydrogens is 262 g/mol. The second-order valence-corrected chi connectivity index (χ2v) is 4.17. The summed E-state index contributed by atoms with van der Waals surface area (Å²) < 4.78 is 11.4. The number of ether oxygens (including phenoxy) is 2. The Hall–Kier alpha value is -2.05. The summed E-state index contributed by atoms with van der Waals surface area (Å²) in [5, 5.41) is 0. The van der Waals surface area contributed by atoms with Crippen molar-refractivity contribution in [1.29, 1.82) is 0 Å². The third kappa shape index (κ3) is 3.97. The van der Waals surface area contributed by atoms with E-state index in [2.05, 4.69) is 4.98 Å². The van der Waals surface area contributed by atoms with Crippen molar-refractivity contribution in [2.45, 2.75) is 40.2 Å². The zero-order chi connectivity index (χ0) is 15.1. The van der Waals surface area contributed by atoms with Gasteiger partial charge in [0.25, 0.3) is 0 Å². The van der Waals surface area contributed by atoms with Gasteiger partial charge in [0.15, 0.2) is 5.69 Å². The molecule has 0 aliphatic heterocycles. The average Bonchev–Trinajstić information content (AvgIpc) is 2.67. The fourth-order valence-electron chi connectivity index (χ4n) is 1.83. The fraction of sp³-hybridized carbons (Fsp3) is 0.615. The lowest BCUT2D eigenvalue weighted by molar-refractivity contribution is -0.143. The van der Waals surface area contributed by atoms with E-state index in [0.29, 0.717) is 31.8 Å². The molecule has 1 rings (SSSR count). The largest absolute Gasteiger partial charge is 0.466 e. The van der Waals surface area contributed by atoms with Gasteiger partial charge in [0, 0.05) is 13.0 Å². The van der Waals surface area contributed by atoms with Crippen LogP contribution in [0.4, 0.5) is 5.82 Å². The van der Waals surface area contributed by atoms with Crippen LogP contribution in [0.15, 0.2) is 0 Å². The molecule has 112 valence electrons. The Bertz CT molecular complexity index is 482. The number of nitrogens with zero attached hydrogens (tertiary/aromatic N) is 2. The molecule has 7 heteroatoms. The Morgan fingerprint density at radius 3 is 2.50 bits per heavy atom. The van der Waals surface area contributed by atoms with E-state index in [1.54, 1.807) is 25.3 Å². The van der Waals surface area contributed by atoms with Gasteiger partial charge >= 0.3 is 11.9 Å². The van der Waals surface area contributed by atoms with Crippen molar-refractivity contribution in [3.63, 3.8) is 0 Å². The number of hydrogen-bond acceptors (Lipinski definition) is 6. The maximum atomic E-state index is 11.6. The quantitative estimate of drug-likeness (QED) is 0.757. The first-order valence-corrected chi connectivity index (χ1v) is 6.66. The minimum Gasteiger partial charge on any atom is -0.466 e. The number of carbonyl (C=O) groups is 2. The Balaban J connectivity index is 2.67. The summed E-state index contributed by atoms with van der Waals surface area (Å²) in [4.78, 5) is 27.0. The maximum absolute atomic E-state index is 11.6. The molecule has 0 fully saturated rings. The number of nitrogens with two attached hydrogens (primary N) is 1. The van der Waals surface area contributed by atoms with Crippen LogP contribution in [-0.4, -0.2) is 34.7 Å². The standard InChI is InChI=1S/C13H21N3O4/c1-4-19-10(17)7-6-8-16-9(3)15-11(12(16)14)13(18)20-5-2/h4-8,14H2,1-3H3. The lowest BCUT2D eigenvalue weighted by atomic mass is 10.3. The molecule has 0 aliphatic carbocycles. The number of aromatic nitrogens is 2. The molecule has 0 aliphatic rings. The van der Waals surface area contributed by atoms with Crippen LogP contribution >= 0.6 is 0 Å². The second-order valence-electron chi connectivity index (χ2n) is 4.17. The van der Waals surface area contributed by atoms with E-state index in [4.69, 9.17) is 15.2 Å². The van der Waals surface area contributed by atoms with Crippen LogP contribution in [0.3, 0.4) is 0 Å². The zero-order valence-electron chi connectivity index (χ0n) is 12.1. The van der Waals surface area contributed by atoms with Crippen LogP contribution in [0.1, 0.15) is 43.0 Å². The molecule has 20 heavy (non-hydrogen) atoms. The number of aryl methyl sites for hydroxylation is 1. The third-order valence-electron chi connectivity index (χ3n) is 2.73. The van der Waals surface area contributed by atoms with Gasteiger partial charge in [-0.3, -0.25) is 4.79 Å². The van der Waals surface area contributed by atoms with Crippen molar-refractivity contribution in [2.24, 2.45) is 0 Å². The van der Waals surface area contributed by atoms with Gasteiger partial charge < -0.3 is 19.8 Å². The Morgan fingerprint density at radius 2 is 1.90 bits per heavy atom. The minimum absolute atomic E-state index is 0.125. The summed E-state index contributed by atoms with van der Waals surface area (Å²) in [6.45, 7) is 6.39. The highest BCUT2D eigenvalue weighted by Gasteiger charge is 2.19. The van der Waals surface area contributed by atoms with Crippen LogP contribution in [0, 0.1) is 6.92 Å². The predicted molar refractivity (Wildman–Crippen MR) is 73.2 cm³/mol. The molecular formula is C13H21N3O4. The number of imidazole rings is 1. The summed E-state index contributed by atoms with van der Waals surface area (Å²) in [6.07, 6.45) is 0.877. The smallest absolute Gasteiger partial charge is 0.360 e. The molecule has 0 unspecified atom stereocenters. The average molecular weight is 283 g/mol. The number of hydrogen-bond donors (Lipinski definition) is 1. The Kier molecular flexibility index (Phi) is 6.02. The van der Waals surface area contributed by atoms with Crippen molar-refractivity contribution in [3.05, 3.63) is 11.5 Å². The van der Waals surface area contributed by atoms with Crippen molar-refractivity contribution >= 4 is 17.8 Å². The first kappa shape index (κ1) is 16.0. The summed E-state index contributed by atoms with van der Waals surface area (Å²) in [5.74, 6) is 0.117. The van der Waals surface area contributed by atoms with Gasteiger partial charge in [0.1, 0.15) is 11.6 Å².